The lowest BCUT2D eigenvalue weighted by atomic mass is 9.75. The zero-order valence-electron chi connectivity index (χ0n) is 17.0. The molecule has 2 aromatic carbocycles. The molecule has 0 radical (unpaired) electrons. The molecule has 30 heavy (non-hydrogen) atoms. The van der Waals surface area contributed by atoms with Crippen LogP contribution < -0.4 is 15.5 Å². The first kappa shape index (κ1) is 20.1. The molecule has 0 bridgehead atoms. The normalized spacial score (nSPS) is 18.9. The van der Waals surface area contributed by atoms with E-state index in [4.69, 9.17) is 17.3 Å². The van der Waals surface area contributed by atoms with Crippen molar-refractivity contribution in [3.63, 3.8) is 0 Å². The maximum Gasteiger partial charge on any atom is 0.161 e. The maximum absolute atomic E-state index is 13.1. The molecule has 0 saturated carbocycles. The number of anilines is 2. The van der Waals surface area contributed by atoms with E-state index in [-0.39, 0.29) is 5.78 Å². The molecular weight excluding hydrogens is 396 g/mol. The Morgan fingerprint density at radius 2 is 1.77 bits per heavy atom. The number of rotatable bonds is 3. The summed E-state index contributed by atoms with van der Waals surface area (Å²) in [7, 11) is 3.95. The minimum atomic E-state index is -0.447. The van der Waals surface area contributed by atoms with Gasteiger partial charge in [0, 0.05) is 48.2 Å². The van der Waals surface area contributed by atoms with Crippen LogP contribution in [0, 0.1) is 11.3 Å². The number of nitrogens with zero attached hydrogens (tertiary/aromatic N) is 3. The average molecular weight is 419 g/mol. The van der Waals surface area contributed by atoms with Gasteiger partial charge in [0.1, 0.15) is 5.82 Å². The monoisotopic (exact) mass is 418 g/mol. The predicted octanol–water partition coefficient (Wildman–Crippen LogP) is 4.71. The van der Waals surface area contributed by atoms with Crippen LogP contribution in [0.3, 0.4) is 0 Å². The van der Waals surface area contributed by atoms with Crippen LogP contribution in [0.25, 0.3) is 0 Å². The van der Waals surface area contributed by atoms with Gasteiger partial charge >= 0.3 is 0 Å². The van der Waals surface area contributed by atoms with Gasteiger partial charge in [-0.25, -0.2) is 0 Å². The van der Waals surface area contributed by atoms with E-state index in [1.807, 2.05) is 60.3 Å². The Kier molecular flexibility index (Phi) is 5.27. The van der Waals surface area contributed by atoms with Crippen LogP contribution in [-0.4, -0.2) is 19.9 Å². The third-order valence-corrected chi connectivity index (χ3v) is 5.99. The smallest absolute Gasteiger partial charge is 0.161 e. The van der Waals surface area contributed by atoms with Crippen LogP contribution in [0.2, 0.25) is 5.02 Å². The Hall–Kier alpha value is -3.23. The third-order valence-electron chi connectivity index (χ3n) is 5.74. The lowest BCUT2D eigenvalue weighted by molar-refractivity contribution is -0.116. The van der Waals surface area contributed by atoms with Crippen molar-refractivity contribution in [2.24, 2.45) is 5.73 Å². The van der Waals surface area contributed by atoms with Crippen molar-refractivity contribution in [3.8, 4) is 6.07 Å². The van der Waals surface area contributed by atoms with Crippen molar-refractivity contribution in [3.05, 3.63) is 81.8 Å². The summed E-state index contributed by atoms with van der Waals surface area (Å²) in [6, 6.07) is 17.5. The van der Waals surface area contributed by atoms with Gasteiger partial charge in [0.05, 0.1) is 17.6 Å². The Morgan fingerprint density at radius 1 is 1.10 bits per heavy atom. The van der Waals surface area contributed by atoms with Crippen LogP contribution >= 0.6 is 11.6 Å². The fourth-order valence-corrected chi connectivity index (χ4v) is 4.40. The zero-order chi connectivity index (χ0) is 21.4. The number of nitriles is 1. The molecule has 0 amide bonds. The van der Waals surface area contributed by atoms with E-state index in [1.165, 1.54) is 0 Å². The fraction of sp³-hybridized carbons (Fsp3) is 0.250. The second-order valence-electron chi connectivity index (χ2n) is 7.78. The first-order chi connectivity index (χ1) is 14.4. The minimum Gasteiger partial charge on any atom is -0.384 e. The second kappa shape index (κ2) is 7.89. The van der Waals surface area contributed by atoms with Crippen molar-refractivity contribution < 1.29 is 4.79 Å². The second-order valence-corrected chi connectivity index (χ2v) is 8.22. The Balaban J connectivity index is 1.91. The van der Waals surface area contributed by atoms with Crippen LogP contribution in [0.15, 0.2) is 71.2 Å². The molecule has 1 aliphatic carbocycles. The van der Waals surface area contributed by atoms with Crippen molar-refractivity contribution in [1.82, 2.24) is 0 Å². The Morgan fingerprint density at radius 3 is 2.37 bits per heavy atom. The molecular formula is C24H23ClN4O. The molecule has 2 aromatic rings. The van der Waals surface area contributed by atoms with Crippen LogP contribution in [-0.2, 0) is 4.79 Å². The molecule has 5 nitrogen and oxygen atoms in total. The largest absolute Gasteiger partial charge is 0.384 e. The first-order valence-electron chi connectivity index (χ1n) is 9.91. The van der Waals surface area contributed by atoms with Gasteiger partial charge in [-0.15, -0.1) is 0 Å². The van der Waals surface area contributed by atoms with Gasteiger partial charge in [-0.2, -0.15) is 5.26 Å². The van der Waals surface area contributed by atoms with Crippen molar-refractivity contribution >= 4 is 28.8 Å². The molecule has 2 N–H and O–H groups in total. The molecule has 152 valence electrons. The molecule has 2 aliphatic rings. The number of carbonyl (C=O) groups is 1. The molecule has 0 fully saturated rings. The highest BCUT2D eigenvalue weighted by atomic mass is 35.5. The summed E-state index contributed by atoms with van der Waals surface area (Å²) in [4.78, 5) is 17.0. The number of benzene rings is 2. The zero-order valence-corrected chi connectivity index (χ0v) is 17.8. The Labute approximate surface area is 181 Å². The summed E-state index contributed by atoms with van der Waals surface area (Å²) in [6.45, 7) is 0. The van der Waals surface area contributed by atoms with Gasteiger partial charge in [0.15, 0.2) is 5.78 Å². The van der Waals surface area contributed by atoms with Crippen LogP contribution in [0.5, 0.6) is 0 Å². The predicted molar refractivity (Wildman–Crippen MR) is 120 cm³/mol. The molecule has 1 atom stereocenters. The Bertz CT molecular complexity index is 1090. The van der Waals surface area contributed by atoms with E-state index < -0.39 is 5.92 Å². The fourth-order valence-electron chi connectivity index (χ4n) is 4.27. The highest BCUT2D eigenvalue weighted by molar-refractivity contribution is 6.30. The van der Waals surface area contributed by atoms with Crippen LogP contribution in [0.4, 0.5) is 11.4 Å². The minimum absolute atomic E-state index is 0.0807. The number of hydrogen-bond donors (Lipinski definition) is 1. The SMILES string of the molecule is CN(C)c1ccc([C@@H]2C(C#N)=C(N)N(c3ccc(Cl)cc3)C3=C2C(=O)CCC3)cc1. The standard InChI is InChI=1S/C24H23ClN4O/c1-28(2)17-10-6-15(7-11-17)22-19(14-26)24(27)29(18-12-8-16(25)9-13-18)20-4-3-5-21(30)23(20)22/h6-13,22H,3-5,27H2,1-2H3/t22-/m1/s1. The van der Waals surface area contributed by atoms with E-state index in [0.29, 0.717) is 28.4 Å². The number of Topliss-reactive ketones (excluding diaryl/α,β-unsaturated/α-hetero) is 1. The summed E-state index contributed by atoms with van der Waals surface area (Å²) < 4.78 is 0. The number of ketones is 1. The van der Waals surface area contributed by atoms with Crippen LogP contribution in [0.1, 0.15) is 30.7 Å². The third kappa shape index (κ3) is 3.34. The number of allylic oxidation sites excluding steroid dienone is 3. The first-order valence-corrected chi connectivity index (χ1v) is 10.3. The molecule has 1 aliphatic heterocycles. The van der Waals surface area contributed by atoms with E-state index in [1.54, 1.807) is 12.1 Å². The summed E-state index contributed by atoms with van der Waals surface area (Å²) in [5.41, 5.74) is 11.3. The molecule has 0 saturated heterocycles. The lowest BCUT2D eigenvalue weighted by Crippen LogP contribution is -2.38. The molecule has 1 heterocycles. The molecule has 0 aromatic heterocycles. The van der Waals surface area contributed by atoms with Gasteiger partial charge < -0.3 is 10.6 Å². The van der Waals surface area contributed by atoms with E-state index in [0.717, 1.165) is 35.5 Å². The number of carbonyl (C=O) groups excluding carboxylic acids is 1. The van der Waals surface area contributed by atoms with Gasteiger partial charge in [-0.05, 0) is 54.8 Å². The summed E-state index contributed by atoms with van der Waals surface area (Å²) in [5.74, 6) is 0.00432. The number of halogens is 1. The summed E-state index contributed by atoms with van der Waals surface area (Å²) in [5, 5.41) is 10.7. The van der Waals surface area contributed by atoms with Crippen molar-refractivity contribution in [2.75, 3.05) is 23.9 Å². The average Bonchev–Trinajstić information content (AvgIpc) is 2.74. The highest BCUT2D eigenvalue weighted by Gasteiger charge is 2.40. The van der Waals surface area contributed by atoms with Gasteiger partial charge in [-0.1, -0.05) is 23.7 Å². The highest BCUT2D eigenvalue weighted by Crippen LogP contribution is 2.46. The summed E-state index contributed by atoms with van der Waals surface area (Å²) >= 11 is 6.06. The van der Waals surface area contributed by atoms with E-state index >= 15 is 0 Å². The maximum atomic E-state index is 13.1. The topological polar surface area (TPSA) is 73.4 Å². The van der Waals surface area contributed by atoms with Crippen molar-refractivity contribution in [1.29, 1.82) is 5.26 Å². The van der Waals surface area contributed by atoms with E-state index in [9.17, 15) is 10.1 Å². The van der Waals surface area contributed by atoms with Gasteiger partial charge in [0.2, 0.25) is 0 Å². The summed E-state index contributed by atoms with van der Waals surface area (Å²) in [6.07, 6.45) is 1.98. The van der Waals surface area contributed by atoms with Gasteiger partial charge in [-0.3, -0.25) is 9.69 Å². The number of nitrogens with two attached hydrogens (primary N) is 1. The molecule has 0 spiro atoms. The molecule has 6 heteroatoms. The lowest BCUT2D eigenvalue weighted by Gasteiger charge is -2.39. The quantitative estimate of drug-likeness (QED) is 0.781. The molecule has 4 rings (SSSR count). The van der Waals surface area contributed by atoms with E-state index in [2.05, 4.69) is 6.07 Å². The van der Waals surface area contributed by atoms with Crippen molar-refractivity contribution in [2.45, 2.75) is 25.2 Å². The van der Waals surface area contributed by atoms with Gasteiger partial charge in [0.25, 0.3) is 0 Å². The molecule has 0 unspecified atom stereocenters. The number of hydrogen-bond acceptors (Lipinski definition) is 5.